The number of hydrogen-bond acceptors (Lipinski definition) is 4. The molecule has 0 amide bonds. The second kappa shape index (κ2) is 8.26. The van der Waals surface area contributed by atoms with E-state index in [2.05, 4.69) is 4.98 Å². The molecular weight excluding hydrogens is 437 g/mol. The molecule has 0 N–H and O–H groups in total. The van der Waals surface area contributed by atoms with Crippen molar-refractivity contribution in [2.75, 3.05) is 6.54 Å². The Morgan fingerprint density at radius 3 is 2.50 bits per heavy atom. The van der Waals surface area contributed by atoms with Gasteiger partial charge in [-0.05, 0) is 44.5 Å². The fourth-order valence-electron chi connectivity index (χ4n) is 3.48. The third-order valence-electron chi connectivity index (χ3n) is 4.73. The molecule has 1 saturated heterocycles. The molecule has 2 aromatic rings. The van der Waals surface area contributed by atoms with Gasteiger partial charge in [0.05, 0.1) is 17.7 Å². The summed E-state index contributed by atoms with van der Waals surface area (Å²) >= 11 is 0.957. The zero-order valence-corrected chi connectivity index (χ0v) is 16.5. The van der Waals surface area contributed by atoms with Crippen molar-refractivity contribution in [1.82, 2.24) is 9.88 Å². The maximum atomic E-state index is 13.9. The predicted octanol–water partition coefficient (Wildman–Crippen LogP) is 5.63. The van der Waals surface area contributed by atoms with Crippen LogP contribution in [-0.2, 0) is 23.9 Å². The van der Waals surface area contributed by atoms with Crippen molar-refractivity contribution in [1.29, 1.82) is 0 Å². The number of likely N-dealkylation sites (tertiary alicyclic amines) is 1. The van der Waals surface area contributed by atoms with Crippen molar-refractivity contribution in [3.63, 3.8) is 0 Å². The quantitative estimate of drug-likeness (QED) is 0.550. The summed E-state index contributed by atoms with van der Waals surface area (Å²) in [6, 6.07) is 0.245. The average Bonchev–Trinajstić information content (AvgIpc) is 3.20. The summed E-state index contributed by atoms with van der Waals surface area (Å²) in [5.41, 5.74) is -1.45. The number of nitrogens with zero attached hydrogens (tertiary/aromatic N) is 2. The number of carbonyl (C=O) groups excluding carboxylic acids is 1. The number of alkyl halides is 6. The highest BCUT2D eigenvalue weighted by atomic mass is 32.1. The minimum absolute atomic E-state index is 0.0333. The van der Waals surface area contributed by atoms with Crippen LogP contribution in [0.5, 0.6) is 0 Å². The van der Waals surface area contributed by atoms with Crippen LogP contribution in [0.25, 0.3) is 11.3 Å². The lowest BCUT2D eigenvalue weighted by Crippen LogP contribution is -2.40. The van der Waals surface area contributed by atoms with Crippen molar-refractivity contribution in [2.45, 2.75) is 51.1 Å². The Morgan fingerprint density at radius 1 is 1.20 bits per heavy atom. The SMILES string of the molecule is CC(=O)Cc1nc(-c2cc(F)cc(C(F)(F)F)c2)c(CN2CCC[C@H]2C(F)(F)F)s1. The largest absolute Gasteiger partial charge is 0.416 e. The van der Waals surface area contributed by atoms with E-state index in [4.69, 9.17) is 0 Å². The summed E-state index contributed by atoms with van der Waals surface area (Å²) < 4.78 is 93.0. The van der Waals surface area contributed by atoms with E-state index in [0.717, 1.165) is 17.4 Å². The number of aromatic nitrogens is 1. The molecule has 1 aromatic carbocycles. The van der Waals surface area contributed by atoms with E-state index in [0.29, 0.717) is 18.6 Å². The topological polar surface area (TPSA) is 33.2 Å². The molecule has 2 heterocycles. The normalized spacial score (nSPS) is 18.2. The minimum Gasteiger partial charge on any atom is -0.300 e. The van der Waals surface area contributed by atoms with Crippen LogP contribution in [0, 0.1) is 5.82 Å². The van der Waals surface area contributed by atoms with E-state index < -0.39 is 29.8 Å². The molecule has 0 saturated carbocycles. The Balaban J connectivity index is 2.03. The van der Waals surface area contributed by atoms with Crippen LogP contribution in [0.4, 0.5) is 30.7 Å². The van der Waals surface area contributed by atoms with Gasteiger partial charge in [0.2, 0.25) is 0 Å². The van der Waals surface area contributed by atoms with Gasteiger partial charge in [-0.2, -0.15) is 26.3 Å². The van der Waals surface area contributed by atoms with E-state index >= 15 is 0 Å². The van der Waals surface area contributed by atoms with E-state index in [1.54, 1.807) is 0 Å². The van der Waals surface area contributed by atoms with Crippen molar-refractivity contribution < 1.29 is 35.5 Å². The van der Waals surface area contributed by atoms with Gasteiger partial charge in [0, 0.05) is 17.0 Å². The minimum atomic E-state index is -4.80. The molecule has 0 radical (unpaired) electrons. The summed E-state index contributed by atoms with van der Waals surface area (Å²) in [7, 11) is 0. The van der Waals surface area contributed by atoms with Crippen molar-refractivity contribution in [3.05, 3.63) is 39.5 Å². The molecule has 0 aliphatic carbocycles. The van der Waals surface area contributed by atoms with Gasteiger partial charge in [-0.15, -0.1) is 11.3 Å². The van der Waals surface area contributed by atoms with E-state index in [-0.39, 0.29) is 52.9 Å². The summed E-state index contributed by atoms with van der Waals surface area (Å²) in [4.78, 5) is 17.1. The first-order valence-corrected chi connectivity index (χ1v) is 9.83. The van der Waals surface area contributed by atoms with E-state index in [1.165, 1.54) is 11.8 Å². The Bertz CT molecular complexity index is 936. The molecule has 0 bridgehead atoms. The highest BCUT2D eigenvalue weighted by Crippen LogP contribution is 2.38. The van der Waals surface area contributed by atoms with Crippen LogP contribution < -0.4 is 0 Å². The zero-order valence-electron chi connectivity index (χ0n) is 15.7. The van der Waals surface area contributed by atoms with Crippen LogP contribution in [0.15, 0.2) is 18.2 Å². The molecule has 1 aliphatic rings. The highest BCUT2D eigenvalue weighted by Gasteiger charge is 2.46. The van der Waals surface area contributed by atoms with E-state index in [1.807, 2.05) is 0 Å². The Kier molecular flexibility index (Phi) is 6.24. The molecule has 3 nitrogen and oxygen atoms in total. The molecule has 164 valence electrons. The fourth-order valence-corrected chi connectivity index (χ4v) is 4.67. The van der Waals surface area contributed by atoms with Crippen LogP contribution in [0.1, 0.15) is 35.2 Å². The molecule has 30 heavy (non-hydrogen) atoms. The van der Waals surface area contributed by atoms with Gasteiger partial charge in [-0.1, -0.05) is 0 Å². The number of Topliss-reactive ketones (excluding diaryl/α,β-unsaturated/α-hetero) is 1. The van der Waals surface area contributed by atoms with Gasteiger partial charge in [-0.3, -0.25) is 9.69 Å². The standard InChI is InChI=1S/C19H17F7N2OS/c1-10(29)5-16-27-17(11-6-12(18(21,22)23)8-13(20)7-11)14(30-16)9-28-4-2-3-15(28)19(24,25)26/h6-8,15H,2-5,9H2,1H3/t15-/m0/s1. The first-order chi connectivity index (χ1) is 13.8. The predicted molar refractivity (Wildman–Crippen MR) is 96.4 cm³/mol. The van der Waals surface area contributed by atoms with Crippen LogP contribution in [0.2, 0.25) is 0 Å². The molecular formula is C19H17F7N2OS. The molecule has 0 spiro atoms. The fraction of sp³-hybridized carbons (Fsp3) is 0.474. The van der Waals surface area contributed by atoms with Gasteiger partial charge < -0.3 is 0 Å². The molecule has 1 aliphatic heterocycles. The van der Waals surface area contributed by atoms with Gasteiger partial charge >= 0.3 is 12.4 Å². The van der Waals surface area contributed by atoms with E-state index in [9.17, 15) is 35.5 Å². The lowest BCUT2D eigenvalue weighted by atomic mass is 10.1. The molecule has 1 aromatic heterocycles. The van der Waals surface area contributed by atoms with Crippen molar-refractivity contribution >= 4 is 17.1 Å². The monoisotopic (exact) mass is 454 g/mol. The Labute approximate surface area is 171 Å². The van der Waals surface area contributed by atoms with Crippen molar-refractivity contribution in [2.24, 2.45) is 0 Å². The average molecular weight is 454 g/mol. The first-order valence-electron chi connectivity index (χ1n) is 9.01. The third-order valence-corrected chi connectivity index (χ3v) is 5.77. The third kappa shape index (κ3) is 5.18. The number of thiazole rings is 1. The van der Waals surface area contributed by atoms with Gasteiger partial charge in [0.1, 0.15) is 22.6 Å². The summed E-state index contributed by atoms with van der Waals surface area (Å²) in [5.74, 6) is -1.40. The van der Waals surface area contributed by atoms with Crippen molar-refractivity contribution in [3.8, 4) is 11.3 Å². The number of carbonyl (C=O) groups is 1. The van der Waals surface area contributed by atoms with Gasteiger partial charge in [-0.25, -0.2) is 9.37 Å². The number of benzene rings is 1. The van der Waals surface area contributed by atoms with Crippen LogP contribution >= 0.6 is 11.3 Å². The molecule has 0 unspecified atom stereocenters. The lowest BCUT2D eigenvalue weighted by molar-refractivity contribution is -0.177. The maximum absolute atomic E-state index is 13.9. The van der Waals surface area contributed by atoms with Crippen LogP contribution in [-0.4, -0.2) is 34.4 Å². The smallest absolute Gasteiger partial charge is 0.300 e. The summed E-state index contributed by atoms with van der Waals surface area (Å²) in [6.45, 7) is 1.26. The Hall–Kier alpha value is -2.01. The van der Waals surface area contributed by atoms with Gasteiger partial charge in [0.15, 0.2) is 0 Å². The lowest BCUT2D eigenvalue weighted by Gasteiger charge is -2.26. The molecule has 1 fully saturated rings. The molecule has 11 heteroatoms. The summed E-state index contributed by atoms with van der Waals surface area (Å²) in [6.07, 6.45) is -9.09. The second-order valence-electron chi connectivity index (χ2n) is 7.15. The number of ketones is 1. The molecule has 3 rings (SSSR count). The first kappa shape index (κ1) is 22.7. The maximum Gasteiger partial charge on any atom is 0.416 e. The summed E-state index contributed by atoms with van der Waals surface area (Å²) in [5, 5.41) is 0.257. The van der Waals surface area contributed by atoms with Crippen LogP contribution in [0.3, 0.4) is 0 Å². The molecule has 1 atom stereocenters. The Morgan fingerprint density at radius 2 is 1.90 bits per heavy atom. The number of hydrogen-bond donors (Lipinski definition) is 0. The second-order valence-corrected chi connectivity index (χ2v) is 8.32. The van der Waals surface area contributed by atoms with Gasteiger partial charge in [0.25, 0.3) is 0 Å². The highest BCUT2D eigenvalue weighted by molar-refractivity contribution is 7.12. The zero-order chi connectivity index (χ0) is 22.3. The number of halogens is 7. The number of rotatable bonds is 5.